The lowest BCUT2D eigenvalue weighted by Crippen LogP contribution is -2.38. The van der Waals surface area contributed by atoms with E-state index in [1.807, 2.05) is 25.1 Å². The molecule has 3 N–H and O–H groups in total. The highest BCUT2D eigenvalue weighted by atomic mass is 35.5. The molecular formula is C17H17Cl2N3O2. The maximum Gasteiger partial charge on any atom is 0.319 e. The number of nitrogens with one attached hydrogen (secondary N) is 3. The van der Waals surface area contributed by atoms with Gasteiger partial charge in [0, 0.05) is 22.3 Å². The third kappa shape index (κ3) is 5.76. The molecule has 0 saturated heterocycles. The predicted molar refractivity (Wildman–Crippen MR) is 96.5 cm³/mol. The zero-order valence-electron chi connectivity index (χ0n) is 13.0. The highest BCUT2D eigenvalue weighted by molar-refractivity contribution is 6.35. The lowest BCUT2D eigenvalue weighted by atomic mass is 10.2. The first kappa shape index (κ1) is 18.1. The Morgan fingerprint density at radius 1 is 1.04 bits per heavy atom. The van der Waals surface area contributed by atoms with E-state index in [2.05, 4.69) is 16.0 Å². The van der Waals surface area contributed by atoms with Gasteiger partial charge in [0.15, 0.2) is 0 Å². The van der Waals surface area contributed by atoms with Gasteiger partial charge in [0.25, 0.3) is 0 Å². The summed E-state index contributed by atoms with van der Waals surface area (Å²) in [4.78, 5) is 23.5. The van der Waals surface area contributed by atoms with Crippen LogP contribution in [-0.2, 0) is 11.3 Å². The number of carbonyl (C=O) groups is 2. The average molecular weight is 366 g/mol. The minimum Gasteiger partial charge on any atom is -0.350 e. The fraction of sp³-hybridized carbons (Fsp3) is 0.176. The molecule has 0 heterocycles. The van der Waals surface area contributed by atoms with E-state index in [9.17, 15) is 9.59 Å². The highest BCUT2D eigenvalue weighted by Crippen LogP contribution is 2.20. The van der Waals surface area contributed by atoms with E-state index < -0.39 is 6.03 Å². The van der Waals surface area contributed by atoms with Crippen molar-refractivity contribution in [2.75, 3.05) is 11.9 Å². The van der Waals surface area contributed by atoms with E-state index in [4.69, 9.17) is 23.2 Å². The molecule has 0 unspecified atom stereocenters. The lowest BCUT2D eigenvalue weighted by Gasteiger charge is -2.10. The van der Waals surface area contributed by atoms with Crippen LogP contribution in [0.4, 0.5) is 10.5 Å². The molecule has 2 aromatic rings. The van der Waals surface area contributed by atoms with Crippen molar-refractivity contribution in [2.45, 2.75) is 13.5 Å². The van der Waals surface area contributed by atoms with Crippen LogP contribution >= 0.6 is 23.2 Å². The van der Waals surface area contributed by atoms with E-state index in [-0.39, 0.29) is 19.0 Å². The van der Waals surface area contributed by atoms with Gasteiger partial charge in [-0.25, -0.2) is 4.79 Å². The van der Waals surface area contributed by atoms with Crippen molar-refractivity contribution >= 4 is 40.8 Å². The molecule has 0 aliphatic carbocycles. The molecule has 2 aromatic carbocycles. The van der Waals surface area contributed by atoms with Gasteiger partial charge in [-0.1, -0.05) is 41.4 Å². The quantitative estimate of drug-likeness (QED) is 0.755. The van der Waals surface area contributed by atoms with Gasteiger partial charge in [-0.3, -0.25) is 4.79 Å². The van der Waals surface area contributed by atoms with Gasteiger partial charge in [0.1, 0.15) is 0 Å². The van der Waals surface area contributed by atoms with E-state index >= 15 is 0 Å². The highest BCUT2D eigenvalue weighted by Gasteiger charge is 2.07. The third-order valence-corrected chi connectivity index (χ3v) is 3.76. The fourth-order valence-electron chi connectivity index (χ4n) is 1.98. The van der Waals surface area contributed by atoms with Crippen LogP contribution in [0.5, 0.6) is 0 Å². The maximum atomic E-state index is 11.8. The average Bonchev–Trinajstić information content (AvgIpc) is 2.52. The first-order valence-corrected chi connectivity index (χ1v) is 8.02. The van der Waals surface area contributed by atoms with Gasteiger partial charge >= 0.3 is 6.03 Å². The molecule has 2 rings (SSSR count). The van der Waals surface area contributed by atoms with Crippen LogP contribution in [-0.4, -0.2) is 18.5 Å². The summed E-state index contributed by atoms with van der Waals surface area (Å²) in [5.74, 6) is -0.319. The minimum atomic E-state index is -0.444. The van der Waals surface area contributed by atoms with Crippen molar-refractivity contribution < 1.29 is 9.59 Å². The monoisotopic (exact) mass is 365 g/mol. The molecule has 0 radical (unpaired) electrons. The van der Waals surface area contributed by atoms with Gasteiger partial charge in [-0.15, -0.1) is 0 Å². The first-order valence-electron chi connectivity index (χ1n) is 7.26. The summed E-state index contributed by atoms with van der Waals surface area (Å²) < 4.78 is 0. The molecule has 5 nitrogen and oxygen atoms in total. The molecular weight excluding hydrogens is 349 g/mol. The van der Waals surface area contributed by atoms with E-state index in [1.54, 1.807) is 24.3 Å². The number of anilines is 1. The van der Waals surface area contributed by atoms with Gasteiger partial charge in [-0.2, -0.15) is 0 Å². The molecule has 0 spiro atoms. The molecule has 7 heteroatoms. The first-order chi connectivity index (χ1) is 11.4. The summed E-state index contributed by atoms with van der Waals surface area (Å²) in [5, 5.41) is 8.85. The number of hydrogen-bond acceptors (Lipinski definition) is 2. The van der Waals surface area contributed by atoms with Crippen molar-refractivity contribution in [3.63, 3.8) is 0 Å². The second-order valence-electron chi connectivity index (χ2n) is 5.19. The SMILES string of the molecule is Cc1cccc(NC(=O)NCC(=O)NCc2ccc(Cl)cc2Cl)c1. The second-order valence-corrected chi connectivity index (χ2v) is 6.03. The lowest BCUT2D eigenvalue weighted by molar-refractivity contribution is -0.120. The molecule has 0 aliphatic rings. The predicted octanol–water partition coefficient (Wildman–Crippen LogP) is 3.74. The van der Waals surface area contributed by atoms with Crippen LogP contribution in [0.3, 0.4) is 0 Å². The number of urea groups is 1. The number of amides is 3. The number of rotatable bonds is 5. The van der Waals surface area contributed by atoms with E-state index in [1.165, 1.54) is 0 Å². The third-order valence-electron chi connectivity index (χ3n) is 3.18. The van der Waals surface area contributed by atoms with Crippen molar-refractivity contribution in [3.05, 3.63) is 63.6 Å². The van der Waals surface area contributed by atoms with E-state index in [0.29, 0.717) is 15.7 Å². The van der Waals surface area contributed by atoms with Crippen LogP contribution in [0.2, 0.25) is 10.0 Å². The Bertz CT molecular complexity index is 750. The van der Waals surface area contributed by atoms with Crippen molar-refractivity contribution in [3.8, 4) is 0 Å². The molecule has 3 amide bonds. The Balaban J connectivity index is 1.75. The zero-order chi connectivity index (χ0) is 17.5. The Hall–Kier alpha value is -2.24. The van der Waals surface area contributed by atoms with Crippen molar-refractivity contribution in [1.82, 2.24) is 10.6 Å². The molecule has 24 heavy (non-hydrogen) atoms. The minimum absolute atomic E-state index is 0.136. The van der Waals surface area contributed by atoms with Crippen LogP contribution in [0.25, 0.3) is 0 Å². The Morgan fingerprint density at radius 3 is 2.54 bits per heavy atom. The molecule has 0 bridgehead atoms. The van der Waals surface area contributed by atoms with Gasteiger partial charge < -0.3 is 16.0 Å². The van der Waals surface area contributed by atoms with Crippen LogP contribution in [0.1, 0.15) is 11.1 Å². The molecule has 0 saturated carbocycles. The maximum absolute atomic E-state index is 11.8. The topological polar surface area (TPSA) is 70.2 Å². The normalized spacial score (nSPS) is 10.1. The molecule has 0 fully saturated rings. The van der Waals surface area contributed by atoms with Gasteiger partial charge in [0.05, 0.1) is 6.54 Å². The van der Waals surface area contributed by atoms with Gasteiger partial charge in [0.2, 0.25) is 5.91 Å². The van der Waals surface area contributed by atoms with Crippen LogP contribution < -0.4 is 16.0 Å². The summed E-state index contributed by atoms with van der Waals surface area (Å²) in [5.41, 5.74) is 2.45. The smallest absolute Gasteiger partial charge is 0.319 e. The van der Waals surface area contributed by atoms with Gasteiger partial charge in [-0.05, 0) is 42.3 Å². The Morgan fingerprint density at radius 2 is 1.83 bits per heavy atom. The van der Waals surface area contributed by atoms with Crippen molar-refractivity contribution in [1.29, 1.82) is 0 Å². The number of benzene rings is 2. The molecule has 0 atom stereocenters. The summed E-state index contributed by atoms with van der Waals surface area (Å²) in [6.07, 6.45) is 0. The number of carbonyl (C=O) groups excluding carboxylic acids is 2. The van der Waals surface area contributed by atoms with E-state index in [0.717, 1.165) is 11.1 Å². The number of halogens is 2. The summed E-state index contributed by atoms with van der Waals surface area (Å²) in [6.45, 7) is 2.05. The molecule has 0 aliphatic heterocycles. The van der Waals surface area contributed by atoms with Crippen LogP contribution in [0.15, 0.2) is 42.5 Å². The summed E-state index contributed by atoms with van der Waals surface area (Å²) in [7, 11) is 0. The van der Waals surface area contributed by atoms with Crippen molar-refractivity contribution in [2.24, 2.45) is 0 Å². The Labute approximate surface area is 150 Å². The fourth-order valence-corrected chi connectivity index (χ4v) is 2.46. The number of aryl methyl sites for hydroxylation is 1. The second kappa shape index (κ2) is 8.57. The zero-order valence-corrected chi connectivity index (χ0v) is 14.5. The molecule has 126 valence electrons. The summed E-state index contributed by atoms with van der Waals surface area (Å²) in [6, 6.07) is 12.0. The standard InChI is InChI=1S/C17H17Cl2N3O2/c1-11-3-2-4-14(7-11)22-17(24)21-10-16(23)20-9-12-5-6-13(18)8-15(12)19/h2-8H,9-10H2,1H3,(H,20,23)(H2,21,22,24). The molecule has 0 aromatic heterocycles. The number of hydrogen-bond donors (Lipinski definition) is 3. The Kier molecular flexibility index (Phi) is 6.46. The largest absolute Gasteiger partial charge is 0.350 e. The summed E-state index contributed by atoms with van der Waals surface area (Å²) >= 11 is 11.8. The van der Waals surface area contributed by atoms with Crippen LogP contribution in [0, 0.1) is 6.92 Å².